The van der Waals surface area contributed by atoms with Gasteiger partial charge < -0.3 is 13.6 Å². The van der Waals surface area contributed by atoms with Crippen molar-refractivity contribution in [2.75, 3.05) is 0 Å². The van der Waals surface area contributed by atoms with E-state index >= 15 is 0 Å². The van der Waals surface area contributed by atoms with Crippen molar-refractivity contribution >= 4 is 65.6 Å². The van der Waals surface area contributed by atoms with E-state index in [1.54, 1.807) is 0 Å². The van der Waals surface area contributed by atoms with Gasteiger partial charge in [-0.3, -0.25) is 0 Å². The third-order valence-corrected chi connectivity index (χ3v) is 30.1. The molecule has 3 aromatic heterocycles. The highest BCUT2D eigenvalue weighted by atomic mass is 16.3. The minimum Gasteiger partial charge on any atom is -0.455 e. The number of fused-ring (bicyclic) bond motifs is 18. The molecule has 674 valence electrons. The molecule has 0 radical (unpaired) electrons. The summed E-state index contributed by atoms with van der Waals surface area (Å²) < 4.78 is 11.3. The highest BCUT2D eigenvalue weighted by molar-refractivity contribution is 6.13. The summed E-state index contributed by atoms with van der Waals surface area (Å²) in [6.07, 6.45) is 2.77. The molecule has 0 N–H and O–H groups in total. The smallest absolute Gasteiger partial charge is 0.143 e. The van der Waals surface area contributed by atoms with Crippen LogP contribution in [0.4, 0.5) is 0 Å². The Kier molecular flexibility index (Phi) is 21.2. The average Bonchev–Trinajstić information content (AvgIpc) is 1.58. The highest BCUT2D eigenvalue weighted by Crippen LogP contribution is 2.52. The Morgan fingerprint density at radius 3 is 0.868 bits per heavy atom. The second-order valence-electron chi connectivity index (χ2n) is 38.3. The molecule has 3 nitrogen and oxygen atoms in total. The Morgan fingerprint density at radius 1 is 0.146 bits per heavy atom. The summed E-state index contributed by atoms with van der Waals surface area (Å²) in [4.78, 5) is 0. The first-order valence-corrected chi connectivity index (χ1v) is 50.0. The van der Waals surface area contributed by atoms with Crippen molar-refractivity contribution in [2.45, 2.75) is 19.3 Å². The van der Waals surface area contributed by atoms with Crippen molar-refractivity contribution < 1.29 is 4.42 Å². The summed E-state index contributed by atoms with van der Waals surface area (Å²) >= 11 is 0. The van der Waals surface area contributed by atoms with Crippen LogP contribution in [0.3, 0.4) is 0 Å². The van der Waals surface area contributed by atoms with Gasteiger partial charge in [0.15, 0.2) is 0 Å². The molecule has 0 atom stereocenters. The van der Waals surface area contributed by atoms with Crippen molar-refractivity contribution in [2.24, 2.45) is 0 Å². The average molecular weight is 1830 g/mol. The lowest BCUT2D eigenvalue weighted by atomic mass is 9.92. The van der Waals surface area contributed by atoms with E-state index in [-0.39, 0.29) is 0 Å². The normalized spacial score (nSPS) is 11.9. The van der Waals surface area contributed by atoms with Crippen molar-refractivity contribution in [3.8, 4) is 178 Å². The number of benzene rings is 23. The van der Waals surface area contributed by atoms with Gasteiger partial charge in [-0.1, -0.05) is 461 Å². The first-order valence-electron chi connectivity index (χ1n) is 50.0. The molecule has 23 aromatic carbocycles. The molecule has 0 unspecified atom stereocenters. The molecule has 26 aromatic rings. The SMILES string of the molecule is c1ccc(-c2ccc(-c3cccc(-c4cc(-n5c6ccccc6c6ccccc65)cc5c4Cc4ccccc4-5)c3)cc2)cc1.c1ccc(-c2ccc(-c3cccc(-c4cccc5c4Cc4c(-c6ccc(-c7cccc(-c8cccc9c8oc8ccccc89)c7)cc6)cccc4-5)c3)cc2)cc1.c1ccc(-c2ccc(-c3cccc(-c4cccc5c4Cc4c-5cccc4-n4c5ccccc5c5ccccc54)c3)cc2)cc1. The predicted octanol–water partition coefficient (Wildman–Crippen LogP) is 37.9. The zero-order valence-corrected chi connectivity index (χ0v) is 79.2. The van der Waals surface area contributed by atoms with E-state index in [1.165, 1.54) is 244 Å². The first-order chi connectivity index (χ1) is 71.4. The van der Waals surface area contributed by atoms with Crippen LogP contribution >= 0.6 is 0 Å². The summed E-state index contributed by atoms with van der Waals surface area (Å²) in [5.41, 5.74) is 55.5. The monoisotopic (exact) mass is 1830 g/mol. The van der Waals surface area contributed by atoms with Gasteiger partial charge in [0, 0.05) is 50.0 Å². The lowest BCUT2D eigenvalue weighted by molar-refractivity contribution is 0.670. The van der Waals surface area contributed by atoms with E-state index in [1.807, 2.05) is 12.1 Å². The maximum atomic E-state index is 6.38. The maximum Gasteiger partial charge on any atom is 0.143 e. The van der Waals surface area contributed by atoms with Gasteiger partial charge in [0.2, 0.25) is 0 Å². The fourth-order valence-corrected chi connectivity index (χ4v) is 23.2. The summed E-state index contributed by atoms with van der Waals surface area (Å²) in [7, 11) is 0. The zero-order chi connectivity index (χ0) is 95.1. The van der Waals surface area contributed by atoms with Crippen molar-refractivity contribution in [3.63, 3.8) is 0 Å². The van der Waals surface area contributed by atoms with Crippen LogP contribution in [0.2, 0.25) is 0 Å². The zero-order valence-electron chi connectivity index (χ0n) is 79.2. The van der Waals surface area contributed by atoms with Gasteiger partial charge in [-0.2, -0.15) is 0 Å². The van der Waals surface area contributed by atoms with Crippen LogP contribution in [0, 0.1) is 0 Å². The van der Waals surface area contributed by atoms with Crippen LogP contribution in [0.25, 0.3) is 244 Å². The minimum absolute atomic E-state index is 0.907. The van der Waals surface area contributed by atoms with Gasteiger partial charge in [0.05, 0.1) is 27.8 Å². The van der Waals surface area contributed by atoms with Crippen molar-refractivity contribution in [1.82, 2.24) is 9.13 Å². The van der Waals surface area contributed by atoms with E-state index in [0.717, 1.165) is 52.3 Å². The second-order valence-corrected chi connectivity index (χ2v) is 38.3. The van der Waals surface area contributed by atoms with Gasteiger partial charge in [0.1, 0.15) is 11.2 Å². The molecular weight excluding hydrogens is 1740 g/mol. The lowest BCUT2D eigenvalue weighted by Gasteiger charge is -2.16. The minimum atomic E-state index is 0.907. The molecule has 0 fully saturated rings. The van der Waals surface area contributed by atoms with Crippen LogP contribution in [-0.2, 0) is 19.3 Å². The Hall–Kier alpha value is -18.5. The van der Waals surface area contributed by atoms with Crippen LogP contribution in [0.5, 0.6) is 0 Å². The molecule has 3 aliphatic rings. The summed E-state index contributed by atoms with van der Waals surface area (Å²) in [6, 6.07) is 194. The molecule has 0 bridgehead atoms. The molecule has 3 heteroatoms. The van der Waals surface area contributed by atoms with Crippen molar-refractivity contribution in [3.05, 3.63) is 567 Å². The van der Waals surface area contributed by atoms with E-state index in [9.17, 15) is 0 Å². The largest absolute Gasteiger partial charge is 0.455 e. The molecule has 0 saturated carbocycles. The number of rotatable bonds is 14. The number of furan rings is 1. The van der Waals surface area contributed by atoms with E-state index in [0.29, 0.717) is 0 Å². The summed E-state index contributed by atoms with van der Waals surface area (Å²) in [5.74, 6) is 0. The quantitative estimate of drug-likeness (QED) is 0.106. The summed E-state index contributed by atoms with van der Waals surface area (Å²) in [5, 5.41) is 7.46. The molecule has 3 aliphatic carbocycles. The Morgan fingerprint density at radius 2 is 0.417 bits per heavy atom. The molecule has 29 rings (SSSR count). The van der Waals surface area contributed by atoms with Crippen LogP contribution < -0.4 is 0 Å². The van der Waals surface area contributed by atoms with Crippen molar-refractivity contribution in [1.29, 1.82) is 0 Å². The first kappa shape index (κ1) is 84.7. The molecule has 144 heavy (non-hydrogen) atoms. The molecule has 0 spiro atoms. The van der Waals surface area contributed by atoms with Gasteiger partial charge >= 0.3 is 0 Å². The fraction of sp³-hybridized carbons (Fsp3) is 0.0213. The number of para-hydroxylation sites is 6. The van der Waals surface area contributed by atoms with E-state index in [2.05, 4.69) is 531 Å². The topological polar surface area (TPSA) is 23.0 Å². The number of nitrogens with zero attached hydrogens (tertiary/aromatic N) is 2. The summed E-state index contributed by atoms with van der Waals surface area (Å²) in [6.45, 7) is 0. The van der Waals surface area contributed by atoms with Gasteiger partial charge in [-0.15, -0.1) is 0 Å². The molecule has 3 heterocycles. The maximum absolute atomic E-state index is 6.38. The fourth-order valence-electron chi connectivity index (χ4n) is 23.2. The second kappa shape index (κ2) is 36.0. The van der Waals surface area contributed by atoms with Crippen LogP contribution in [0.1, 0.15) is 33.4 Å². The van der Waals surface area contributed by atoms with E-state index < -0.39 is 0 Å². The highest BCUT2D eigenvalue weighted by Gasteiger charge is 2.30. The number of aromatic nitrogens is 2. The standard InChI is InChI=1S/C55H36O.2C43H29N/c1-2-11-36(12-3-1)37-25-27-38(28-26-37)41-13-6-15-43(33-41)46-19-9-22-49-48-21-8-18-45(52(48)35-53(46)49)40-31-29-39(30-32-40)42-14-7-16-44(34-42)47-20-10-23-51-50-17-4-5-24-54(50)56-55(47)51;1-2-11-29(12-3-1)30-23-25-31(26-24-30)32-13-8-14-33(27-32)34-17-9-18-35-36-19-10-22-43(40(36)28-39(34)35)44-41-20-6-4-15-37(41)38-16-5-7-21-42(38)44;1-2-11-29(12-3-1)30-21-23-31(24-22-30)32-14-10-15-33(25-32)39-27-35(28-41-36-16-5-4-13-34(36)26-40(39)41)44-42-19-8-6-17-37(42)38-18-7-9-20-43(38)44/h1-34H,35H2;1-27H,28H2;1-25,27-28H,26H2. The van der Waals surface area contributed by atoms with Gasteiger partial charge in [-0.25, -0.2) is 0 Å². The Balaban J connectivity index is 0.000000109. The molecule has 0 aliphatic heterocycles. The molecule has 0 saturated heterocycles. The van der Waals surface area contributed by atoms with Crippen LogP contribution in [-0.4, -0.2) is 9.13 Å². The lowest BCUT2D eigenvalue weighted by Crippen LogP contribution is -1.99. The van der Waals surface area contributed by atoms with Crippen LogP contribution in [0.15, 0.2) is 538 Å². The number of hydrogen-bond acceptors (Lipinski definition) is 1. The Labute approximate surface area is 837 Å². The van der Waals surface area contributed by atoms with Gasteiger partial charge in [0.25, 0.3) is 0 Å². The van der Waals surface area contributed by atoms with Gasteiger partial charge in [-0.05, 0) is 280 Å². The third kappa shape index (κ3) is 15.2. The predicted molar refractivity (Wildman–Crippen MR) is 605 cm³/mol. The molecular formula is C141H94N2O. The Bertz CT molecular complexity index is 9380. The molecule has 0 amide bonds. The number of hydrogen-bond donors (Lipinski definition) is 0. The third-order valence-electron chi connectivity index (χ3n) is 30.1. The van der Waals surface area contributed by atoms with E-state index in [4.69, 9.17) is 4.42 Å².